The van der Waals surface area contributed by atoms with Crippen molar-refractivity contribution in [1.82, 2.24) is 0 Å². The molecule has 4 heteroatoms. The molecule has 0 aromatic heterocycles. The molecule has 2 rings (SSSR count). The summed E-state index contributed by atoms with van der Waals surface area (Å²) in [6.45, 7) is 5.09. The van der Waals surface area contributed by atoms with Gasteiger partial charge in [0.2, 0.25) is 0 Å². The van der Waals surface area contributed by atoms with Crippen LogP contribution < -0.4 is 15.4 Å². The topological polar surface area (TPSA) is 58.7 Å². The average molecular weight is 250 g/mol. The number of rotatable bonds is 4. The lowest BCUT2D eigenvalue weighted by Crippen LogP contribution is -2.32. The number of ether oxygens (including phenoxy) is 1. The zero-order valence-corrected chi connectivity index (χ0v) is 11.1. The maximum absolute atomic E-state index is 9.39. The molecule has 0 spiro atoms. The van der Waals surface area contributed by atoms with E-state index in [1.807, 2.05) is 32.0 Å². The Balaban J connectivity index is 2.27. The zero-order chi connectivity index (χ0) is 13.1. The van der Waals surface area contributed by atoms with Crippen molar-refractivity contribution in [3.63, 3.8) is 0 Å². The highest BCUT2D eigenvalue weighted by atomic mass is 16.5. The average Bonchev–Trinajstić information content (AvgIpc) is 2.79. The molecule has 1 aliphatic rings. The number of para-hydroxylation sites is 1. The van der Waals surface area contributed by atoms with Gasteiger partial charge in [0, 0.05) is 6.54 Å². The molecule has 1 heterocycles. The first kappa shape index (κ1) is 13.0. The number of aliphatic hydroxyl groups is 1. The van der Waals surface area contributed by atoms with Crippen molar-refractivity contribution in [2.45, 2.75) is 38.8 Å². The third kappa shape index (κ3) is 2.53. The monoisotopic (exact) mass is 250 g/mol. The van der Waals surface area contributed by atoms with Gasteiger partial charge in [0.25, 0.3) is 0 Å². The van der Waals surface area contributed by atoms with Crippen LogP contribution >= 0.6 is 0 Å². The van der Waals surface area contributed by atoms with E-state index in [4.69, 9.17) is 10.5 Å². The summed E-state index contributed by atoms with van der Waals surface area (Å²) in [6.07, 6.45) is 2.22. The number of nitrogens with zero attached hydrogens (tertiary/aromatic N) is 1. The number of benzene rings is 1. The highest BCUT2D eigenvalue weighted by Crippen LogP contribution is 2.36. The first-order chi connectivity index (χ1) is 8.63. The second-order valence-electron chi connectivity index (χ2n) is 5.03. The first-order valence-electron chi connectivity index (χ1n) is 6.56. The second kappa shape index (κ2) is 5.48. The fraction of sp³-hybridized carbons (Fsp3) is 0.571. The van der Waals surface area contributed by atoms with Gasteiger partial charge in [-0.25, -0.2) is 0 Å². The SMILES string of the molecule is CC(C)Oc1cccc(N2CCCC2CO)c1N. The molecule has 1 aliphatic heterocycles. The summed E-state index contributed by atoms with van der Waals surface area (Å²) >= 11 is 0. The molecule has 100 valence electrons. The Labute approximate surface area is 108 Å². The lowest BCUT2D eigenvalue weighted by molar-refractivity contribution is 0.243. The smallest absolute Gasteiger partial charge is 0.144 e. The summed E-state index contributed by atoms with van der Waals surface area (Å²) in [5.41, 5.74) is 7.83. The summed E-state index contributed by atoms with van der Waals surface area (Å²) in [4.78, 5) is 2.18. The Hall–Kier alpha value is -1.42. The molecule has 3 N–H and O–H groups in total. The molecule has 0 saturated carbocycles. The van der Waals surface area contributed by atoms with E-state index in [9.17, 15) is 5.11 Å². The van der Waals surface area contributed by atoms with Crippen LogP contribution in [0.5, 0.6) is 5.75 Å². The maximum atomic E-state index is 9.39. The van der Waals surface area contributed by atoms with E-state index in [1.165, 1.54) is 0 Å². The molecule has 4 nitrogen and oxygen atoms in total. The van der Waals surface area contributed by atoms with E-state index in [0.29, 0.717) is 5.69 Å². The van der Waals surface area contributed by atoms with Gasteiger partial charge in [-0.05, 0) is 38.8 Å². The molecular formula is C14H22N2O2. The van der Waals surface area contributed by atoms with Crippen molar-refractivity contribution in [2.24, 2.45) is 0 Å². The Bertz CT molecular complexity index is 407. The van der Waals surface area contributed by atoms with Crippen LogP contribution in [0, 0.1) is 0 Å². The minimum absolute atomic E-state index is 0.106. The third-order valence-electron chi connectivity index (χ3n) is 3.30. The Morgan fingerprint density at radius 3 is 2.94 bits per heavy atom. The van der Waals surface area contributed by atoms with Crippen LogP contribution in [0.3, 0.4) is 0 Å². The van der Waals surface area contributed by atoms with Crippen molar-refractivity contribution in [3.8, 4) is 5.75 Å². The molecule has 0 aliphatic carbocycles. The maximum Gasteiger partial charge on any atom is 0.144 e. The fourth-order valence-corrected chi connectivity index (χ4v) is 2.48. The number of hydrogen-bond acceptors (Lipinski definition) is 4. The molecule has 1 aromatic carbocycles. The molecule has 18 heavy (non-hydrogen) atoms. The number of nitrogen functional groups attached to an aromatic ring is 1. The molecule has 0 amide bonds. The van der Waals surface area contributed by atoms with Gasteiger partial charge < -0.3 is 20.5 Å². The summed E-state index contributed by atoms with van der Waals surface area (Å²) in [6, 6.07) is 6.02. The zero-order valence-electron chi connectivity index (χ0n) is 11.1. The number of anilines is 2. The number of nitrogens with two attached hydrogens (primary N) is 1. The van der Waals surface area contributed by atoms with Gasteiger partial charge >= 0.3 is 0 Å². The predicted octanol–water partition coefficient (Wildman–Crippen LogP) is 2.02. The standard InChI is InChI=1S/C14H22N2O2/c1-10(2)18-13-7-3-6-12(14(13)15)16-8-4-5-11(16)9-17/h3,6-7,10-11,17H,4-5,8-9,15H2,1-2H3. The second-order valence-corrected chi connectivity index (χ2v) is 5.03. The molecule has 0 bridgehead atoms. The van der Waals surface area contributed by atoms with Crippen LogP contribution in [0.25, 0.3) is 0 Å². The Morgan fingerprint density at radius 1 is 1.50 bits per heavy atom. The lowest BCUT2D eigenvalue weighted by atomic mass is 10.2. The highest BCUT2D eigenvalue weighted by Gasteiger charge is 2.26. The molecule has 1 saturated heterocycles. The van der Waals surface area contributed by atoms with Crippen LogP contribution in [-0.4, -0.2) is 30.4 Å². The van der Waals surface area contributed by atoms with Crippen molar-refractivity contribution in [2.75, 3.05) is 23.8 Å². The largest absolute Gasteiger partial charge is 0.489 e. The van der Waals surface area contributed by atoms with Crippen LogP contribution in [0.2, 0.25) is 0 Å². The minimum Gasteiger partial charge on any atom is -0.489 e. The van der Waals surface area contributed by atoms with Crippen LogP contribution in [0.1, 0.15) is 26.7 Å². The fourth-order valence-electron chi connectivity index (χ4n) is 2.48. The highest BCUT2D eigenvalue weighted by molar-refractivity contribution is 5.74. The van der Waals surface area contributed by atoms with E-state index >= 15 is 0 Å². The van der Waals surface area contributed by atoms with Gasteiger partial charge in [-0.2, -0.15) is 0 Å². The molecule has 1 aromatic rings. The molecule has 1 unspecified atom stereocenters. The molecule has 0 radical (unpaired) electrons. The summed E-state index contributed by atoms with van der Waals surface area (Å²) in [7, 11) is 0. The van der Waals surface area contributed by atoms with E-state index in [-0.39, 0.29) is 18.8 Å². The lowest BCUT2D eigenvalue weighted by Gasteiger charge is -2.27. The minimum atomic E-state index is 0.106. The van der Waals surface area contributed by atoms with Gasteiger partial charge in [0.15, 0.2) is 0 Å². The van der Waals surface area contributed by atoms with Crippen LogP contribution in [0.15, 0.2) is 18.2 Å². The van der Waals surface area contributed by atoms with Gasteiger partial charge in [-0.15, -0.1) is 0 Å². The quantitative estimate of drug-likeness (QED) is 0.803. The van der Waals surface area contributed by atoms with Crippen molar-refractivity contribution in [3.05, 3.63) is 18.2 Å². The van der Waals surface area contributed by atoms with Crippen molar-refractivity contribution in [1.29, 1.82) is 0 Å². The van der Waals surface area contributed by atoms with Crippen molar-refractivity contribution >= 4 is 11.4 Å². The van der Waals surface area contributed by atoms with Crippen molar-refractivity contribution < 1.29 is 9.84 Å². The van der Waals surface area contributed by atoms with Gasteiger partial charge in [-0.3, -0.25) is 0 Å². The summed E-state index contributed by atoms with van der Waals surface area (Å²) in [5, 5.41) is 9.39. The summed E-state index contributed by atoms with van der Waals surface area (Å²) in [5.74, 6) is 0.728. The van der Waals surface area contributed by atoms with E-state index in [1.54, 1.807) is 0 Å². The molecule has 1 fully saturated rings. The van der Waals surface area contributed by atoms with Gasteiger partial charge in [0.05, 0.1) is 30.1 Å². The van der Waals surface area contributed by atoms with Crippen LogP contribution in [0.4, 0.5) is 11.4 Å². The molecular weight excluding hydrogens is 228 g/mol. The van der Waals surface area contributed by atoms with E-state index < -0.39 is 0 Å². The third-order valence-corrected chi connectivity index (χ3v) is 3.30. The predicted molar refractivity (Wildman–Crippen MR) is 74.1 cm³/mol. The number of hydrogen-bond donors (Lipinski definition) is 2. The first-order valence-corrected chi connectivity index (χ1v) is 6.56. The Morgan fingerprint density at radius 2 is 2.28 bits per heavy atom. The van der Waals surface area contributed by atoms with Gasteiger partial charge in [-0.1, -0.05) is 6.07 Å². The van der Waals surface area contributed by atoms with Crippen LogP contribution in [-0.2, 0) is 0 Å². The van der Waals surface area contributed by atoms with E-state index in [2.05, 4.69) is 4.90 Å². The number of aliphatic hydroxyl groups excluding tert-OH is 1. The summed E-state index contributed by atoms with van der Waals surface area (Å²) < 4.78 is 5.70. The van der Waals surface area contributed by atoms with E-state index in [0.717, 1.165) is 30.8 Å². The van der Waals surface area contributed by atoms with Gasteiger partial charge in [0.1, 0.15) is 5.75 Å². The molecule has 1 atom stereocenters. The Kier molecular flexibility index (Phi) is 3.97. The normalized spacial score (nSPS) is 19.6.